The molecule has 0 radical (unpaired) electrons. The lowest BCUT2D eigenvalue weighted by Gasteiger charge is -2.38. The highest BCUT2D eigenvalue weighted by Crippen LogP contribution is 2.44. The largest absolute Gasteiger partial charge is 0.379 e. The normalized spacial score (nSPS) is 23.8. The van der Waals surface area contributed by atoms with Crippen molar-refractivity contribution in [3.05, 3.63) is 35.0 Å². The van der Waals surface area contributed by atoms with E-state index in [4.69, 9.17) is 10.5 Å². The summed E-state index contributed by atoms with van der Waals surface area (Å²) in [5.41, 5.74) is 9.50. The topological polar surface area (TPSA) is 128 Å². The number of hydrogen-bond donors (Lipinski definition) is 2. The number of carbonyl (C=O) groups excluding carboxylic acids is 3. The van der Waals surface area contributed by atoms with E-state index in [0.717, 1.165) is 44.2 Å². The Morgan fingerprint density at radius 1 is 1.05 bits per heavy atom. The van der Waals surface area contributed by atoms with Gasteiger partial charge in [0.25, 0.3) is 0 Å². The summed E-state index contributed by atoms with van der Waals surface area (Å²) in [6, 6.07) is 5.30. The number of ether oxygens (including phenoxy) is 1. The fourth-order valence-corrected chi connectivity index (χ4v) is 7.02. The molecule has 1 aromatic carbocycles. The number of nitrogens with two attached hydrogens (primary N) is 1. The van der Waals surface area contributed by atoms with Crippen LogP contribution in [-0.4, -0.2) is 102 Å². The van der Waals surface area contributed by atoms with Crippen LogP contribution in [0.4, 0.5) is 10.5 Å². The van der Waals surface area contributed by atoms with Gasteiger partial charge in [-0.1, -0.05) is 18.6 Å². The van der Waals surface area contributed by atoms with Crippen molar-refractivity contribution in [2.24, 2.45) is 11.7 Å². The molecule has 214 valence electrons. The molecule has 3 amide bonds. The second-order valence-electron chi connectivity index (χ2n) is 11.7. The van der Waals surface area contributed by atoms with Crippen molar-refractivity contribution < 1.29 is 19.1 Å². The van der Waals surface area contributed by atoms with Crippen molar-refractivity contribution in [3.63, 3.8) is 0 Å². The Kier molecular flexibility index (Phi) is 7.37. The van der Waals surface area contributed by atoms with Gasteiger partial charge in [-0.25, -0.2) is 14.8 Å². The molecule has 1 saturated carbocycles. The van der Waals surface area contributed by atoms with Crippen LogP contribution in [-0.2, 0) is 9.53 Å². The zero-order valence-corrected chi connectivity index (χ0v) is 23.4. The number of aromatic amines is 1. The van der Waals surface area contributed by atoms with Crippen LogP contribution in [0.25, 0.3) is 11.3 Å². The van der Waals surface area contributed by atoms with Gasteiger partial charge in [0.15, 0.2) is 5.78 Å². The highest BCUT2D eigenvalue weighted by molar-refractivity contribution is 6.25. The average Bonchev–Trinajstić information content (AvgIpc) is 3.53. The highest BCUT2D eigenvalue weighted by Gasteiger charge is 2.40. The second kappa shape index (κ2) is 10.9. The van der Waals surface area contributed by atoms with E-state index in [1.165, 1.54) is 5.01 Å². The molecule has 2 atom stereocenters. The number of rotatable bonds is 5. The number of morpholine rings is 1. The molecular formula is C29H39N7O4. The zero-order chi connectivity index (χ0) is 28.0. The molecule has 11 heteroatoms. The standard InChI is InChI=1S/C29H39N7O4/c1-33(2)20-6-3-5-19(17-20)28(38)34-11-9-18(10-12-34)25-24-26(32-31-25)21-7-4-8-22(23(21)27(24)37)36(29(30)39)35-13-15-40-16-14-35/h4,7-8,18-20H,3,5-6,9-17H2,1-2H3,(H2,30,39)(H,31,32). The van der Waals surface area contributed by atoms with Crippen LogP contribution in [0.2, 0.25) is 0 Å². The fraction of sp³-hybridized carbons (Fsp3) is 0.586. The molecule has 3 fully saturated rings. The van der Waals surface area contributed by atoms with Gasteiger partial charge in [0, 0.05) is 49.6 Å². The van der Waals surface area contributed by atoms with Crippen molar-refractivity contribution in [2.75, 3.05) is 58.5 Å². The van der Waals surface area contributed by atoms with E-state index in [-0.39, 0.29) is 23.5 Å². The lowest BCUT2D eigenvalue weighted by atomic mass is 9.83. The summed E-state index contributed by atoms with van der Waals surface area (Å²) in [5.74, 6) is 0.347. The van der Waals surface area contributed by atoms with Gasteiger partial charge in [0.1, 0.15) is 5.69 Å². The molecule has 2 aliphatic heterocycles. The molecule has 2 saturated heterocycles. The SMILES string of the molecule is CN(C)C1CCCC(C(=O)N2CCC(c3[nH]nc4c3C(=O)c3c-4cccc3N(C(N)=O)N3CCOCC3)CC2)C1. The van der Waals surface area contributed by atoms with Crippen LogP contribution in [0.1, 0.15) is 66.1 Å². The number of anilines is 1. The molecule has 1 aromatic heterocycles. The van der Waals surface area contributed by atoms with Gasteiger partial charge in [0.2, 0.25) is 5.91 Å². The molecule has 3 N–H and O–H groups in total. The van der Waals surface area contributed by atoms with Crippen LogP contribution in [0, 0.1) is 5.92 Å². The van der Waals surface area contributed by atoms with Crippen LogP contribution >= 0.6 is 0 Å². The van der Waals surface area contributed by atoms with Crippen LogP contribution in [0.3, 0.4) is 0 Å². The number of fused-ring (bicyclic) bond motifs is 3. The number of likely N-dealkylation sites (tertiary alicyclic amines) is 1. The van der Waals surface area contributed by atoms with Crippen molar-refractivity contribution in [1.82, 2.24) is 25.0 Å². The Labute approximate surface area is 234 Å². The number of urea groups is 1. The number of primary amides is 1. The molecule has 2 aromatic rings. The van der Waals surface area contributed by atoms with E-state index in [1.54, 1.807) is 6.07 Å². The Morgan fingerprint density at radius 2 is 1.80 bits per heavy atom. The first-order valence-corrected chi connectivity index (χ1v) is 14.5. The second-order valence-corrected chi connectivity index (χ2v) is 11.7. The number of piperidine rings is 1. The number of H-pyrrole nitrogens is 1. The quantitative estimate of drug-likeness (QED) is 0.501. The molecule has 2 aliphatic carbocycles. The molecule has 6 rings (SSSR count). The number of carbonyl (C=O) groups is 3. The zero-order valence-electron chi connectivity index (χ0n) is 23.4. The Hall–Kier alpha value is -3.28. The summed E-state index contributed by atoms with van der Waals surface area (Å²) in [4.78, 5) is 44.2. The number of nitrogens with one attached hydrogen (secondary N) is 1. The third-order valence-electron chi connectivity index (χ3n) is 9.19. The first-order valence-electron chi connectivity index (χ1n) is 14.5. The van der Waals surface area contributed by atoms with E-state index in [1.807, 2.05) is 22.0 Å². The summed E-state index contributed by atoms with van der Waals surface area (Å²) >= 11 is 0. The maximum absolute atomic E-state index is 14.0. The van der Waals surface area contributed by atoms with Crippen LogP contribution < -0.4 is 10.7 Å². The number of hydrogen-bond acceptors (Lipinski definition) is 7. The van der Waals surface area contributed by atoms with E-state index >= 15 is 0 Å². The molecule has 40 heavy (non-hydrogen) atoms. The lowest BCUT2D eigenvalue weighted by molar-refractivity contribution is -0.138. The minimum absolute atomic E-state index is 0.100. The van der Waals surface area contributed by atoms with Gasteiger partial charge in [-0.15, -0.1) is 0 Å². The first kappa shape index (κ1) is 26.9. The highest BCUT2D eigenvalue weighted by atomic mass is 16.5. The number of nitrogens with zero attached hydrogens (tertiary/aromatic N) is 5. The lowest BCUT2D eigenvalue weighted by Crippen LogP contribution is -2.54. The number of benzene rings is 1. The third-order valence-corrected chi connectivity index (χ3v) is 9.19. The number of aromatic nitrogens is 2. The van der Waals surface area contributed by atoms with E-state index in [9.17, 15) is 14.4 Å². The Bertz CT molecular complexity index is 1290. The summed E-state index contributed by atoms with van der Waals surface area (Å²) < 4.78 is 5.44. The molecular weight excluding hydrogens is 510 g/mol. The molecule has 0 bridgehead atoms. The van der Waals surface area contributed by atoms with Gasteiger partial charge < -0.3 is 20.3 Å². The van der Waals surface area contributed by atoms with Gasteiger partial charge in [-0.05, 0) is 52.3 Å². The summed E-state index contributed by atoms with van der Waals surface area (Å²) in [7, 11) is 4.20. The predicted octanol–water partition coefficient (Wildman–Crippen LogP) is 2.58. The van der Waals surface area contributed by atoms with Crippen LogP contribution in [0.15, 0.2) is 18.2 Å². The smallest absolute Gasteiger partial charge is 0.334 e. The van der Waals surface area contributed by atoms with Gasteiger partial charge in [-0.2, -0.15) is 5.10 Å². The fourth-order valence-electron chi connectivity index (χ4n) is 7.02. The van der Waals surface area contributed by atoms with Gasteiger partial charge in [-0.3, -0.25) is 14.7 Å². The van der Waals surface area contributed by atoms with Gasteiger partial charge >= 0.3 is 6.03 Å². The average molecular weight is 550 g/mol. The third kappa shape index (κ3) is 4.69. The van der Waals surface area contributed by atoms with E-state index in [2.05, 4.69) is 29.2 Å². The molecule has 11 nitrogen and oxygen atoms in total. The minimum Gasteiger partial charge on any atom is -0.379 e. The maximum Gasteiger partial charge on any atom is 0.334 e. The summed E-state index contributed by atoms with van der Waals surface area (Å²) in [6.07, 6.45) is 5.72. The maximum atomic E-state index is 14.0. The molecule has 2 unspecified atom stereocenters. The monoisotopic (exact) mass is 549 g/mol. The van der Waals surface area contributed by atoms with Crippen molar-refractivity contribution in [2.45, 2.75) is 50.5 Å². The van der Waals surface area contributed by atoms with Crippen molar-refractivity contribution in [3.8, 4) is 11.3 Å². The summed E-state index contributed by atoms with van der Waals surface area (Å²) in [5, 5.41) is 11.0. The molecule has 3 heterocycles. The van der Waals surface area contributed by atoms with Gasteiger partial charge in [0.05, 0.1) is 35.7 Å². The predicted molar refractivity (Wildman–Crippen MR) is 150 cm³/mol. The Morgan fingerprint density at radius 3 is 2.50 bits per heavy atom. The van der Waals surface area contributed by atoms with Crippen molar-refractivity contribution >= 4 is 23.4 Å². The number of hydrazine groups is 1. The summed E-state index contributed by atoms with van der Waals surface area (Å²) in [6.45, 7) is 3.34. The van der Waals surface area contributed by atoms with Crippen molar-refractivity contribution in [1.29, 1.82) is 0 Å². The minimum atomic E-state index is -0.638. The van der Waals surface area contributed by atoms with Crippen LogP contribution in [0.5, 0.6) is 0 Å². The molecule has 4 aliphatic rings. The molecule has 0 spiro atoms. The number of ketones is 1. The van der Waals surface area contributed by atoms with E-state index < -0.39 is 6.03 Å². The Balaban J connectivity index is 1.19. The first-order chi connectivity index (χ1) is 19.3. The van der Waals surface area contributed by atoms with E-state index in [0.29, 0.717) is 73.5 Å². The number of amides is 3.